The smallest absolute Gasteiger partial charge is 0.251 e. The van der Waals surface area contributed by atoms with E-state index in [1.54, 1.807) is 31.3 Å². The zero-order chi connectivity index (χ0) is 23.1. The summed E-state index contributed by atoms with van der Waals surface area (Å²) in [5.74, 6) is 0.324. The van der Waals surface area contributed by atoms with Crippen LogP contribution in [0.15, 0.2) is 36.5 Å². The van der Waals surface area contributed by atoms with Crippen LogP contribution < -0.4 is 20.9 Å². The first-order chi connectivity index (χ1) is 15.9. The van der Waals surface area contributed by atoms with Crippen LogP contribution in [0.25, 0.3) is 0 Å². The molecule has 2 aromatic rings. The largest absolute Gasteiger partial charge is 0.371 e. The Hall–Kier alpha value is -3.42. The number of primary amides is 1. The molecule has 3 atom stereocenters. The normalized spacial score (nSPS) is 23.7. The molecule has 33 heavy (non-hydrogen) atoms. The minimum absolute atomic E-state index is 0.0135. The number of fused-ring (bicyclic) bond motifs is 2. The van der Waals surface area contributed by atoms with Crippen molar-refractivity contribution in [2.24, 2.45) is 5.73 Å². The lowest BCUT2D eigenvalue weighted by Crippen LogP contribution is -2.50. The number of Topliss-reactive ketones (excluding diaryl/α,β-unsaturated/α-hetero) is 1. The topological polar surface area (TPSA) is 109 Å². The molecule has 8 heteroatoms. The van der Waals surface area contributed by atoms with Crippen LogP contribution in [0.4, 0.5) is 11.5 Å². The summed E-state index contributed by atoms with van der Waals surface area (Å²) in [4.78, 5) is 45.4. The van der Waals surface area contributed by atoms with Crippen LogP contribution in [-0.4, -0.2) is 53.8 Å². The standard InChI is InChI=1S/C25H29N5O3/c1-15(31)17-4-8-23(27-14-17)30-19-5-6-20(30)13-18(12-19)28-25(33)16-3-7-21(24(26)32)22(11-16)29-9-2-10-29/h3-4,7-8,11,14,18-20H,2,5-6,9-10,12-13H2,1H3,(H2,26,32)(H,28,33)/t18?,19-,20+. The molecule has 1 unspecified atom stereocenters. The minimum atomic E-state index is -0.474. The molecule has 3 saturated heterocycles. The van der Waals surface area contributed by atoms with Crippen molar-refractivity contribution in [1.82, 2.24) is 10.3 Å². The molecule has 2 bridgehead atoms. The number of piperidine rings is 1. The lowest BCUT2D eigenvalue weighted by Gasteiger charge is -2.40. The Kier molecular flexibility index (Phi) is 5.52. The van der Waals surface area contributed by atoms with Gasteiger partial charge in [0.1, 0.15) is 5.82 Å². The summed E-state index contributed by atoms with van der Waals surface area (Å²) >= 11 is 0. The second-order valence-electron chi connectivity index (χ2n) is 9.33. The lowest BCUT2D eigenvalue weighted by atomic mass is 9.96. The van der Waals surface area contributed by atoms with Gasteiger partial charge in [-0.3, -0.25) is 14.4 Å². The molecule has 4 heterocycles. The Morgan fingerprint density at radius 1 is 1.03 bits per heavy atom. The fourth-order valence-corrected chi connectivity index (χ4v) is 5.38. The van der Waals surface area contributed by atoms with Crippen LogP contribution in [0.5, 0.6) is 0 Å². The van der Waals surface area contributed by atoms with E-state index in [0.717, 1.165) is 56.7 Å². The molecule has 0 spiro atoms. The number of amides is 2. The zero-order valence-electron chi connectivity index (χ0n) is 18.8. The number of aromatic nitrogens is 1. The predicted molar refractivity (Wildman–Crippen MR) is 126 cm³/mol. The number of nitrogens with zero attached hydrogens (tertiary/aromatic N) is 3. The third kappa shape index (κ3) is 4.05. The molecule has 5 rings (SSSR count). The Morgan fingerprint density at radius 2 is 1.73 bits per heavy atom. The van der Waals surface area contributed by atoms with E-state index in [9.17, 15) is 14.4 Å². The van der Waals surface area contributed by atoms with Crippen molar-refractivity contribution in [2.45, 2.75) is 57.2 Å². The number of hydrogen-bond donors (Lipinski definition) is 2. The van der Waals surface area contributed by atoms with Crippen molar-refractivity contribution >= 4 is 29.1 Å². The molecule has 0 aliphatic carbocycles. The van der Waals surface area contributed by atoms with Gasteiger partial charge >= 0.3 is 0 Å². The summed E-state index contributed by atoms with van der Waals surface area (Å²) in [7, 11) is 0. The fourth-order valence-electron chi connectivity index (χ4n) is 5.38. The zero-order valence-corrected chi connectivity index (χ0v) is 18.8. The number of rotatable bonds is 6. The summed E-state index contributed by atoms with van der Waals surface area (Å²) in [6.45, 7) is 3.28. The summed E-state index contributed by atoms with van der Waals surface area (Å²) in [5.41, 5.74) is 7.91. The third-order valence-corrected chi connectivity index (χ3v) is 7.21. The average Bonchev–Trinajstić information content (AvgIpc) is 3.02. The van der Waals surface area contributed by atoms with Crippen LogP contribution in [0.1, 0.15) is 70.1 Å². The maximum Gasteiger partial charge on any atom is 0.251 e. The number of ketones is 1. The number of nitrogens with one attached hydrogen (secondary N) is 1. The van der Waals surface area contributed by atoms with Crippen molar-refractivity contribution in [3.8, 4) is 0 Å². The van der Waals surface area contributed by atoms with Gasteiger partial charge in [0.05, 0.1) is 11.3 Å². The van der Waals surface area contributed by atoms with Crippen LogP contribution in [0.2, 0.25) is 0 Å². The second kappa shape index (κ2) is 8.50. The fraction of sp³-hybridized carbons (Fsp3) is 0.440. The van der Waals surface area contributed by atoms with Crippen molar-refractivity contribution in [3.05, 3.63) is 53.2 Å². The van der Waals surface area contributed by atoms with E-state index in [-0.39, 0.29) is 17.7 Å². The van der Waals surface area contributed by atoms with Gasteiger partial charge in [-0.1, -0.05) is 0 Å². The van der Waals surface area contributed by atoms with Crippen LogP contribution >= 0.6 is 0 Å². The second-order valence-corrected chi connectivity index (χ2v) is 9.33. The Morgan fingerprint density at radius 3 is 2.27 bits per heavy atom. The number of benzene rings is 1. The summed E-state index contributed by atoms with van der Waals surface area (Å²) in [5, 5.41) is 3.22. The lowest BCUT2D eigenvalue weighted by molar-refractivity contribution is 0.0924. The Bertz CT molecular complexity index is 1080. The maximum absolute atomic E-state index is 13.1. The molecule has 3 aliphatic heterocycles. The van der Waals surface area contributed by atoms with Gasteiger partial charge in [-0.15, -0.1) is 0 Å². The van der Waals surface area contributed by atoms with Crippen molar-refractivity contribution in [1.29, 1.82) is 0 Å². The summed E-state index contributed by atoms with van der Waals surface area (Å²) in [6, 6.07) is 9.63. The molecule has 0 radical (unpaired) electrons. The van der Waals surface area contributed by atoms with Gasteiger partial charge in [0.15, 0.2) is 5.78 Å². The maximum atomic E-state index is 13.1. The van der Waals surface area contributed by atoms with Gasteiger partial charge < -0.3 is 20.9 Å². The van der Waals surface area contributed by atoms with Gasteiger partial charge in [-0.25, -0.2) is 4.98 Å². The number of carbonyl (C=O) groups is 3. The van der Waals surface area contributed by atoms with E-state index in [0.29, 0.717) is 28.8 Å². The van der Waals surface area contributed by atoms with Gasteiger partial charge in [0.2, 0.25) is 0 Å². The molecule has 3 fully saturated rings. The quantitative estimate of drug-likeness (QED) is 0.659. The number of pyridine rings is 1. The molecule has 1 aromatic heterocycles. The third-order valence-electron chi connectivity index (χ3n) is 7.21. The first-order valence-electron chi connectivity index (χ1n) is 11.7. The number of carbonyl (C=O) groups excluding carboxylic acids is 3. The summed E-state index contributed by atoms with van der Waals surface area (Å²) in [6.07, 6.45) is 6.57. The Balaban J connectivity index is 1.27. The SMILES string of the molecule is CC(=O)c1ccc(N2[C@@H]3CC[C@H]2CC(NC(=O)c2ccc(C(N)=O)c(N4CCC4)c2)C3)nc1. The molecule has 172 valence electrons. The van der Waals surface area contributed by atoms with Gasteiger partial charge in [-0.2, -0.15) is 0 Å². The number of nitrogens with two attached hydrogens (primary N) is 1. The predicted octanol–water partition coefficient (Wildman–Crippen LogP) is 2.52. The molecular formula is C25H29N5O3. The van der Waals surface area contributed by atoms with Gasteiger partial charge in [0, 0.05) is 48.5 Å². The minimum Gasteiger partial charge on any atom is -0.371 e. The monoisotopic (exact) mass is 447 g/mol. The van der Waals surface area contributed by atoms with E-state index in [1.165, 1.54) is 0 Å². The molecule has 0 saturated carbocycles. The molecule has 1 aromatic carbocycles. The highest BCUT2D eigenvalue weighted by Gasteiger charge is 2.41. The highest BCUT2D eigenvalue weighted by Crippen LogP contribution is 2.38. The van der Waals surface area contributed by atoms with E-state index < -0.39 is 5.91 Å². The first-order valence-corrected chi connectivity index (χ1v) is 11.7. The van der Waals surface area contributed by atoms with E-state index in [1.807, 2.05) is 12.1 Å². The molecule has 8 nitrogen and oxygen atoms in total. The van der Waals surface area contributed by atoms with Crippen LogP contribution in [0, 0.1) is 0 Å². The summed E-state index contributed by atoms with van der Waals surface area (Å²) < 4.78 is 0. The van der Waals surface area contributed by atoms with Crippen LogP contribution in [0.3, 0.4) is 0 Å². The molecule has 2 amide bonds. The van der Waals surface area contributed by atoms with Crippen molar-refractivity contribution < 1.29 is 14.4 Å². The molecule has 3 aliphatic rings. The van der Waals surface area contributed by atoms with E-state index in [2.05, 4.69) is 20.1 Å². The van der Waals surface area contributed by atoms with E-state index in [4.69, 9.17) is 5.73 Å². The van der Waals surface area contributed by atoms with Crippen molar-refractivity contribution in [2.75, 3.05) is 22.9 Å². The highest BCUT2D eigenvalue weighted by atomic mass is 16.2. The van der Waals surface area contributed by atoms with Crippen molar-refractivity contribution in [3.63, 3.8) is 0 Å². The highest BCUT2D eigenvalue weighted by molar-refractivity contribution is 6.02. The Labute approximate surface area is 193 Å². The van der Waals surface area contributed by atoms with Gasteiger partial charge in [0.25, 0.3) is 11.8 Å². The van der Waals surface area contributed by atoms with Crippen LogP contribution in [-0.2, 0) is 0 Å². The molecular weight excluding hydrogens is 418 g/mol. The first kappa shape index (κ1) is 21.4. The number of hydrogen-bond acceptors (Lipinski definition) is 6. The average molecular weight is 448 g/mol. The molecule has 3 N–H and O–H groups in total. The van der Waals surface area contributed by atoms with E-state index >= 15 is 0 Å². The van der Waals surface area contributed by atoms with Gasteiger partial charge in [-0.05, 0) is 69.4 Å². The number of anilines is 2.